The monoisotopic (exact) mass is 404 g/mol. The number of aryl methyl sites for hydroxylation is 1. The molecule has 7 heteroatoms. The second-order valence-electron chi connectivity index (χ2n) is 6.28. The fourth-order valence-electron chi connectivity index (χ4n) is 2.66. The fraction of sp³-hybridized carbons (Fsp3) is 0.130. The first-order chi connectivity index (χ1) is 14.5. The molecule has 0 bridgehead atoms. The molecule has 0 aliphatic heterocycles. The number of hydrogen-bond donors (Lipinski definition) is 1. The van der Waals surface area contributed by atoms with Crippen LogP contribution in [0, 0.1) is 6.92 Å². The first-order valence-electron chi connectivity index (χ1n) is 9.31. The minimum atomic E-state index is -0.658. The number of benzene rings is 2. The third kappa shape index (κ3) is 5.08. The molecule has 1 amide bonds. The van der Waals surface area contributed by atoms with Crippen LogP contribution in [0.2, 0.25) is 0 Å². The molecule has 0 fully saturated rings. The van der Waals surface area contributed by atoms with Crippen molar-refractivity contribution in [1.82, 2.24) is 4.98 Å². The molecule has 0 unspecified atom stereocenters. The van der Waals surface area contributed by atoms with E-state index in [1.165, 1.54) is 12.1 Å². The third-order valence-corrected chi connectivity index (χ3v) is 4.15. The van der Waals surface area contributed by atoms with Crippen LogP contribution in [0.5, 0.6) is 5.75 Å². The summed E-state index contributed by atoms with van der Waals surface area (Å²) in [5.41, 5.74) is 1.85. The van der Waals surface area contributed by atoms with E-state index in [0.717, 1.165) is 0 Å². The zero-order valence-electron chi connectivity index (χ0n) is 16.5. The maximum atomic E-state index is 12.4. The van der Waals surface area contributed by atoms with Gasteiger partial charge >= 0.3 is 11.9 Å². The highest BCUT2D eigenvalue weighted by atomic mass is 16.5. The lowest BCUT2D eigenvalue weighted by atomic mass is 10.2. The van der Waals surface area contributed by atoms with Crippen molar-refractivity contribution in [1.29, 1.82) is 0 Å². The Hall–Kier alpha value is -4.00. The summed E-state index contributed by atoms with van der Waals surface area (Å²) < 4.78 is 10.3. The van der Waals surface area contributed by atoms with Crippen molar-refractivity contribution in [3.05, 3.63) is 89.2 Å². The quantitative estimate of drug-likeness (QED) is 0.492. The van der Waals surface area contributed by atoms with Crippen molar-refractivity contribution < 1.29 is 23.9 Å². The lowest BCUT2D eigenvalue weighted by Crippen LogP contribution is -2.14. The molecule has 0 aliphatic carbocycles. The highest BCUT2D eigenvalue weighted by Gasteiger charge is 2.16. The van der Waals surface area contributed by atoms with Crippen LogP contribution in [-0.4, -0.2) is 29.4 Å². The standard InChI is InChI=1S/C23H20N2O5/c1-3-29-22(27)19-13-14-20(24-15(19)2)23(28)30-18-11-9-17(10-12-18)25-21(26)16-7-5-4-6-8-16/h4-14H,3H2,1-2H3,(H,25,26). The van der Waals surface area contributed by atoms with Gasteiger partial charge in [0.15, 0.2) is 0 Å². The molecule has 3 aromatic rings. The topological polar surface area (TPSA) is 94.6 Å². The molecule has 1 aromatic heterocycles. The van der Waals surface area contributed by atoms with E-state index in [9.17, 15) is 14.4 Å². The second-order valence-corrected chi connectivity index (χ2v) is 6.28. The van der Waals surface area contributed by atoms with Gasteiger partial charge in [0.1, 0.15) is 11.4 Å². The van der Waals surface area contributed by atoms with E-state index < -0.39 is 11.9 Å². The lowest BCUT2D eigenvalue weighted by molar-refractivity contribution is 0.0523. The Kier molecular flexibility index (Phi) is 6.54. The zero-order valence-corrected chi connectivity index (χ0v) is 16.5. The lowest BCUT2D eigenvalue weighted by Gasteiger charge is -2.09. The number of nitrogens with zero attached hydrogens (tertiary/aromatic N) is 1. The molecule has 1 N–H and O–H groups in total. The van der Waals surface area contributed by atoms with Gasteiger partial charge in [-0.15, -0.1) is 0 Å². The van der Waals surface area contributed by atoms with Crippen molar-refractivity contribution in [3.8, 4) is 5.75 Å². The van der Waals surface area contributed by atoms with Crippen molar-refractivity contribution in [2.24, 2.45) is 0 Å². The number of amides is 1. The molecule has 2 aromatic carbocycles. The first-order valence-corrected chi connectivity index (χ1v) is 9.31. The van der Waals surface area contributed by atoms with Crippen LogP contribution in [0.3, 0.4) is 0 Å². The Morgan fingerprint density at radius 3 is 2.23 bits per heavy atom. The van der Waals surface area contributed by atoms with Gasteiger partial charge in [-0.2, -0.15) is 0 Å². The van der Waals surface area contributed by atoms with Crippen molar-refractivity contribution in [3.63, 3.8) is 0 Å². The summed E-state index contributed by atoms with van der Waals surface area (Å²) in [6, 6.07) is 18.1. The Labute approximate surface area is 173 Å². The molecule has 0 spiro atoms. The Balaban J connectivity index is 1.64. The molecule has 7 nitrogen and oxygen atoms in total. The minimum Gasteiger partial charge on any atom is -0.462 e. The summed E-state index contributed by atoms with van der Waals surface area (Å²) in [5.74, 6) is -1.08. The zero-order chi connectivity index (χ0) is 21.5. The maximum Gasteiger partial charge on any atom is 0.362 e. The van der Waals surface area contributed by atoms with Gasteiger partial charge in [-0.25, -0.2) is 14.6 Å². The van der Waals surface area contributed by atoms with E-state index in [2.05, 4.69) is 10.3 Å². The number of aromatic nitrogens is 1. The Morgan fingerprint density at radius 2 is 1.60 bits per heavy atom. The number of pyridine rings is 1. The first kappa shape index (κ1) is 20.7. The van der Waals surface area contributed by atoms with E-state index in [1.807, 2.05) is 6.07 Å². The largest absolute Gasteiger partial charge is 0.462 e. The Morgan fingerprint density at radius 1 is 0.900 bits per heavy atom. The summed E-state index contributed by atoms with van der Waals surface area (Å²) in [5, 5.41) is 2.77. The SMILES string of the molecule is CCOC(=O)c1ccc(C(=O)Oc2ccc(NC(=O)c3ccccc3)cc2)nc1C. The van der Waals surface area contributed by atoms with Gasteiger partial charge in [-0.05, 0) is 62.4 Å². The van der Waals surface area contributed by atoms with Crippen LogP contribution in [0.25, 0.3) is 0 Å². The third-order valence-electron chi connectivity index (χ3n) is 4.15. The van der Waals surface area contributed by atoms with E-state index >= 15 is 0 Å². The molecule has 1 heterocycles. The summed E-state index contributed by atoms with van der Waals surface area (Å²) >= 11 is 0. The number of rotatable bonds is 6. The fourth-order valence-corrected chi connectivity index (χ4v) is 2.66. The van der Waals surface area contributed by atoms with Crippen LogP contribution >= 0.6 is 0 Å². The van der Waals surface area contributed by atoms with E-state index in [-0.39, 0.29) is 18.2 Å². The summed E-state index contributed by atoms with van der Waals surface area (Å²) in [4.78, 5) is 40.5. The van der Waals surface area contributed by atoms with Gasteiger partial charge in [0.05, 0.1) is 17.9 Å². The number of nitrogens with one attached hydrogen (secondary N) is 1. The summed E-state index contributed by atoms with van der Waals surface area (Å²) in [7, 11) is 0. The van der Waals surface area contributed by atoms with Crippen LogP contribution in [0.15, 0.2) is 66.7 Å². The van der Waals surface area contributed by atoms with E-state index in [1.54, 1.807) is 62.4 Å². The molecule has 30 heavy (non-hydrogen) atoms. The number of carbonyl (C=O) groups excluding carboxylic acids is 3. The smallest absolute Gasteiger partial charge is 0.362 e. The molecule has 0 saturated carbocycles. The molecular weight excluding hydrogens is 384 g/mol. The highest BCUT2D eigenvalue weighted by molar-refractivity contribution is 6.04. The van der Waals surface area contributed by atoms with Gasteiger partial charge in [0.2, 0.25) is 0 Å². The highest BCUT2D eigenvalue weighted by Crippen LogP contribution is 2.18. The van der Waals surface area contributed by atoms with Gasteiger partial charge in [0, 0.05) is 11.3 Å². The van der Waals surface area contributed by atoms with Crippen molar-refractivity contribution in [2.75, 3.05) is 11.9 Å². The summed E-state index contributed by atoms with van der Waals surface area (Å²) in [6.07, 6.45) is 0. The number of anilines is 1. The van der Waals surface area contributed by atoms with Gasteiger partial charge in [0.25, 0.3) is 5.91 Å². The molecule has 0 atom stereocenters. The maximum absolute atomic E-state index is 12.4. The van der Waals surface area contributed by atoms with Gasteiger partial charge in [-0.1, -0.05) is 18.2 Å². The number of ether oxygens (including phenoxy) is 2. The molecule has 3 rings (SSSR count). The molecular formula is C23H20N2O5. The average molecular weight is 404 g/mol. The average Bonchev–Trinajstić information content (AvgIpc) is 2.75. The minimum absolute atomic E-state index is 0.0713. The molecule has 0 aliphatic rings. The van der Waals surface area contributed by atoms with Crippen LogP contribution < -0.4 is 10.1 Å². The van der Waals surface area contributed by atoms with Crippen molar-refractivity contribution >= 4 is 23.5 Å². The molecule has 0 saturated heterocycles. The molecule has 0 radical (unpaired) electrons. The van der Waals surface area contributed by atoms with Crippen LogP contribution in [-0.2, 0) is 4.74 Å². The number of carbonyl (C=O) groups is 3. The van der Waals surface area contributed by atoms with Crippen LogP contribution in [0.1, 0.15) is 43.8 Å². The van der Waals surface area contributed by atoms with Crippen molar-refractivity contribution in [2.45, 2.75) is 13.8 Å². The van der Waals surface area contributed by atoms with E-state index in [4.69, 9.17) is 9.47 Å². The number of hydrogen-bond acceptors (Lipinski definition) is 6. The summed E-state index contributed by atoms with van der Waals surface area (Å²) in [6.45, 7) is 3.59. The second kappa shape index (κ2) is 9.47. The van der Waals surface area contributed by atoms with E-state index in [0.29, 0.717) is 28.3 Å². The Bertz CT molecular complexity index is 1060. The molecule has 152 valence electrons. The van der Waals surface area contributed by atoms with Crippen LogP contribution in [0.4, 0.5) is 5.69 Å². The predicted molar refractivity (Wildman–Crippen MR) is 111 cm³/mol. The number of esters is 2. The van der Waals surface area contributed by atoms with Gasteiger partial charge < -0.3 is 14.8 Å². The predicted octanol–water partition coefficient (Wildman–Crippen LogP) is 4.04. The normalized spacial score (nSPS) is 10.2. The van der Waals surface area contributed by atoms with Gasteiger partial charge in [-0.3, -0.25) is 4.79 Å².